The van der Waals surface area contributed by atoms with Crippen LogP contribution in [0.4, 0.5) is 5.69 Å². The van der Waals surface area contributed by atoms with Gasteiger partial charge in [0.15, 0.2) is 0 Å². The molecule has 1 fully saturated rings. The van der Waals surface area contributed by atoms with E-state index >= 15 is 0 Å². The largest absolute Gasteiger partial charge is 0.339 e. The summed E-state index contributed by atoms with van der Waals surface area (Å²) in [6, 6.07) is 17.5. The second-order valence-corrected chi connectivity index (χ2v) is 8.57. The van der Waals surface area contributed by atoms with Gasteiger partial charge in [-0.2, -0.15) is 0 Å². The van der Waals surface area contributed by atoms with Gasteiger partial charge in [-0.3, -0.25) is 9.59 Å². The van der Waals surface area contributed by atoms with E-state index in [4.69, 9.17) is 0 Å². The van der Waals surface area contributed by atoms with Gasteiger partial charge in [-0.1, -0.05) is 30.3 Å². The highest BCUT2D eigenvalue weighted by molar-refractivity contribution is 7.99. The van der Waals surface area contributed by atoms with Crippen LogP contribution in [0, 0.1) is 0 Å². The molecule has 2 amide bonds. The predicted molar refractivity (Wildman–Crippen MR) is 117 cm³/mol. The van der Waals surface area contributed by atoms with E-state index in [2.05, 4.69) is 0 Å². The molecule has 1 aliphatic rings. The monoisotopic (exact) mass is 396 g/mol. The molecule has 0 aromatic heterocycles. The zero-order chi connectivity index (χ0) is 19.9. The van der Waals surface area contributed by atoms with Crippen LogP contribution in [0.2, 0.25) is 0 Å². The number of piperidine rings is 1. The number of para-hydroxylation sites is 1. The van der Waals surface area contributed by atoms with Gasteiger partial charge in [0.1, 0.15) is 0 Å². The Labute approximate surface area is 171 Å². The van der Waals surface area contributed by atoms with E-state index in [9.17, 15) is 9.59 Å². The Hall–Kier alpha value is -2.27. The van der Waals surface area contributed by atoms with Gasteiger partial charge in [0.2, 0.25) is 5.91 Å². The standard InChI is InChI=1S/C23H28N2O2S/c1-18(22(26)24(2)21-12-5-3-6-13-21)28-17-19-10-9-11-20(16-19)23(27)25-14-7-4-8-15-25/h3,5-6,9-13,16,18H,4,7-8,14-15,17H2,1-2H3. The van der Waals surface area contributed by atoms with E-state index in [-0.39, 0.29) is 17.1 Å². The first-order valence-electron chi connectivity index (χ1n) is 9.88. The Morgan fingerprint density at radius 1 is 1.04 bits per heavy atom. The molecule has 0 N–H and O–H groups in total. The van der Waals surface area contributed by atoms with E-state index < -0.39 is 0 Å². The van der Waals surface area contributed by atoms with Crippen LogP contribution in [0.1, 0.15) is 42.1 Å². The summed E-state index contributed by atoms with van der Waals surface area (Å²) in [5.74, 6) is 0.910. The van der Waals surface area contributed by atoms with Crippen molar-refractivity contribution in [2.45, 2.75) is 37.2 Å². The van der Waals surface area contributed by atoms with E-state index in [1.54, 1.807) is 16.7 Å². The van der Waals surface area contributed by atoms with Crippen molar-refractivity contribution >= 4 is 29.3 Å². The molecule has 1 unspecified atom stereocenters. The number of carbonyl (C=O) groups excluding carboxylic acids is 2. The molecule has 0 spiro atoms. The summed E-state index contributed by atoms with van der Waals surface area (Å²) in [7, 11) is 1.81. The SMILES string of the molecule is CC(SCc1cccc(C(=O)N2CCCCC2)c1)C(=O)N(C)c1ccccc1. The normalized spacial score (nSPS) is 15.1. The molecule has 4 nitrogen and oxygen atoms in total. The van der Waals surface area contributed by atoms with Gasteiger partial charge < -0.3 is 9.80 Å². The van der Waals surface area contributed by atoms with Crippen LogP contribution in [-0.4, -0.2) is 42.1 Å². The summed E-state index contributed by atoms with van der Waals surface area (Å²) in [5, 5.41) is -0.161. The van der Waals surface area contributed by atoms with Crippen molar-refractivity contribution in [3.8, 4) is 0 Å². The predicted octanol–water partition coefficient (Wildman–Crippen LogP) is 4.60. The lowest BCUT2D eigenvalue weighted by atomic mass is 10.1. The van der Waals surface area contributed by atoms with Crippen LogP contribution in [0.5, 0.6) is 0 Å². The average molecular weight is 397 g/mol. The van der Waals surface area contributed by atoms with Gasteiger partial charge in [0.05, 0.1) is 5.25 Å². The highest BCUT2D eigenvalue weighted by atomic mass is 32.2. The summed E-state index contributed by atoms with van der Waals surface area (Å²) in [6.45, 7) is 3.65. The van der Waals surface area contributed by atoms with Crippen LogP contribution in [-0.2, 0) is 10.5 Å². The molecule has 1 saturated heterocycles. The topological polar surface area (TPSA) is 40.6 Å². The van der Waals surface area contributed by atoms with Crippen molar-refractivity contribution in [2.75, 3.05) is 25.0 Å². The first-order chi connectivity index (χ1) is 13.6. The number of hydrogen-bond acceptors (Lipinski definition) is 3. The molecule has 2 aromatic rings. The molecule has 1 aliphatic heterocycles. The molecule has 0 aliphatic carbocycles. The maximum Gasteiger partial charge on any atom is 0.253 e. The second kappa shape index (κ2) is 9.78. The van der Waals surface area contributed by atoms with E-state index in [0.29, 0.717) is 5.75 Å². The fourth-order valence-corrected chi connectivity index (χ4v) is 4.34. The lowest BCUT2D eigenvalue weighted by Crippen LogP contribution is -2.35. The summed E-state index contributed by atoms with van der Waals surface area (Å²) in [5.41, 5.74) is 2.73. The van der Waals surface area contributed by atoms with Crippen LogP contribution in [0.15, 0.2) is 54.6 Å². The number of hydrogen-bond donors (Lipinski definition) is 0. The third-order valence-electron chi connectivity index (χ3n) is 5.14. The van der Waals surface area contributed by atoms with Crippen LogP contribution < -0.4 is 4.90 Å². The molecule has 3 rings (SSSR count). The smallest absolute Gasteiger partial charge is 0.253 e. The van der Waals surface area contributed by atoms with Crippen LogP contribution in [0.3, 0.4) is 0 Å². The third kappa shape index (κ3) is 5.16. The van der Waals surface area contributed by atoms with E-state index in [0.717, 1.165) is 42.7 Å². The maximum absolute atomic E-state index is 12.7. The molecule has 1 atom stereocenters. The highest BCUT2D eigenvalue weighted by Gasteiger charge is 2.20. The quantitative estimate of drug-likeness (QED) is 0.717. The Balaban J connectivity index is 1.58. The number of carbonyl (C=O) groups is 2. The van der Waals surface area contributed by atoms with Crippen molar-refractivity contribution in [1.82, 2.24) is 4.90 Å². The van der Waals surface area contributed by atoms with Gasteiger partial charge in [-0.05, 0) is 56.0 Å². The van der Waals surface area contributed by atoms with E-state index in [1.807, 2.05) is 73.5 Å². The highest BCUT2D eigenvalue weighted by Crippen LogP contribution is 2.23. The van der Waals surface area contributed by atoms with Crippen molar-refractivity contribution in [3.05, 3.63) is 65.7 Å². The molecule has 0 saturated carbocycles. The molecule has 0 bridgehead atoms. The maximum atomic E-state index is 12.7. The number of rotatable bonds is 6. The summed E-state index contributed by atoms with van der Waals surface area (Å²) >= 11 is 1.60. The molecule has 1 heterocycles. The van der Waals surface area contributed by atoms with Crippen LogP contribution >= 0.6 is 11.8 Å². The first kappa shape index (κ1) is 20.5. The summed E-state index contributed by atoms with van der Waals surface area (Å²) in [4.78, 5) is 29.1. The lowest BCUT2D eigenvalue weighted by molar-refractivity contribution is -0.117. The minimum absolute atomic E-state index is 0.0803. The Morgan fingerprint density at radius 3 is 2.46 bits per heavy atom. The molecule has 2 aromatic carbocycles. The number of thioether (sulfide) groups is 1. The second-order valence-electron chi connectivity index (χ2n) is 7.24. The average Bonchev–Trinajstić information content (AvgIpc) is 2.77. The summed E-state index contributed by atoms with van der Waals surface area (Å²) in [6.07, 6.45) is 3.40. The number of nitrogens with zero attached hydrogens (tertiary/aromatic N) is 2. The molecule has 148 valence electrons. The Morgan fingerprint density at radius 2 is 1.75 bits per heavy atom. The third-order valence-corrected chi connectivity index (χ3v) is 6.34. The molecular weight excluding hydrogens is 368 g/mol. The van der Waals surface area contributed by atoms with Gasteiger partial charge in [0.25, 0.3) is 5.91 Å². The number of anilines is 1. The Bertz CT molecular complexity index is 803. The zero-order valence-corrected chi connectivity index (χ0v) is 17.5. The van der Waals surface area contributed by atoms with Crippen molar-refractivity contribution < 1.29 is 9.59 Å². The zero-order valence-electron chi connectivity index (χ0n) is 16.6. The van der Waals surface area contributed by atoms with E-state index in [1.165, 1.54) is 6.42 Å². The van der Waals surface area contributed by atoms with Gasteiger partial charge in [-0.15, -0.1) is 11.8 Å². The molecule has 0 radical (unpaired) electrons. The molecule has 28 heavy (non-hydrogen) atoms. The summed E-state index contributed by atoms with van der Waals surface area (Å²) < 4.78 is 0. The molecular formula is C23H28N2O2S. The minimum atomic E-state index is -0.161. The lowest BCUT2D eigenvalue weighted by Gasteiger charge is -2.27. The van der Waals surface area contributed by atoms with Crippen molar-refractivity contribution in [3.63, 3.8) is 0 Å². The van der Waals surface area contributed by atoms with Gasteiger partial charge >= 0.3 is 0 Å². The molecule has 5 heteroatoms. The van der Waals surface area contributed by atoms with Crippen molar-refractivity contribution in [1.29, 1.82) is 0 Å². The fraction of sp³-hybridized carbons (Fsp3) is 0.391. The number of amides is 2. The fourth-order valence-electron chi connectivity index (χ4n) is 3.42. The first-order valence-corrected chi connectivity index (χ1v) is 10.9. The van der Waals surface area contributed by atoms with Gasteiger partial charge in [-0.25, -0.2) is 0 Å². The number of likely N-dealkylation sites (tertiary alicyclic amines) is 1. The van der Waals surface area contributed by atoms with Crippen molar-refractivity contribution in [2.24, 2.45) is 0 Å². The number of benzene rings is 2. The Kier molecular flexibility index (Phi) is 7.15. The van der Waals surface area contributed by atoms with Gasteiger partial charge in [0, 0.05) is 37.1 Å². The van der Waals surface area contributed by atoms with Crippen LogP contribution in [0.25, 0.3) is 0 Å². The minimum Gasteiger partial charge on any atom is -0.339 e.